The molecule has 0 radical (unpaired) electrons. The van der Waals surface area contributed by atoms with Gasteiger partial charge in [0.15, 0.2) is 0 Å². The van der Waals surface area contributed by atoms with Gasteiger partial charge in [-0.15, -0.1) is 0 Å². The van der Waals surface area contributed by atoms with Crippen molar-refractivity contribution in [2.75, 3.05) is 13.2 Å². The summed E-state index contributed by atoms with van der Waals surface area (Å²) in [4.78, 5) is 35.1. The van der Waals surface area contributed by atoms with Crippen LogP contribution in [0.15, 0.2) is 46.2 Å². The molecule has 36 heavy (non-hydrogen) atoms. The van der Waals surface area contributed by atoms with E-state index < -0.39 is 46.3 Å². The number of nitrogens with one attached hydrogen (secondary N) is 2. The van der Waals surface area contributed by atoms with E-state index in [1.807, 2.05) is 0 Å². The van der Waals surface area contributed by atoms with Crippen LogP contribution < -0.4 is 10.6 Å². The zero-order valence-electron chi connectivity index (χ0n) is 20.3. The molecule has 2 aromatic rings. The van der Waals surface area contributed by atoms with Crippen LogP contribution in [0.2, 0.25) is 0 Å². The number of unbranched alkanes of at least 4 members (excludes halogenated alkanes) is 1. The summed E-state index contributed by atoms with van der Waals surface area (Å²) in [6, 6.07) is 7.33. The average molecular weight is 521 g/mol. The quantitative estimate of drug-likeness (QED) is 0.374. The number of carbonyl (C=O) groups is 3. The number of alkyl carbamates (subject to hydrolysis) is 2. The second-order valence-corrected chi connectivity index (χ2v) is 11.3. The first-order valence-electron chi connectivity index (χ1n) is 11.5. The molecular formula is C25H29FN2O7S. The van der Waals surface area contributed by atoms with E-state index in [0.717, 1.165) is 5.39 Å². The number of benzene rings is 2. The third kappa shape index (κ3) is 6.81. The maximum Gasteiger partial charge on any atom is 0.408 e. The number of fused-ring (bicyclic) bond motifs is 3. The van der Waals surface area contributed by atoms with Crippen molar-refractivity contribution in [2.45, 2.75) is 56.6 Å². The van der Waals surface area contributed by atoms with Gasteiger partial charge >= 0.3 is 18.2 Å². The second-order valence-electron chi connectivity index (χ2n) is 9.32. The minimum Gasteiger partial charge on any atom is -0.444 e. The molecule has 2 N–H and O–H groups in total. The topological polar surface area (TPSA) is 128 Å². The number of amides is 2. The van der Waals surface area contributed by atoms with Gasteiger partial charge in [0.1, 0.15) is 18.2 Å². The predicted molar refractivity (Wildman–Crippen MR) is 132 cm³/mol. The molecule has 0 saturated carbocycles. The number of rotatable bonds is 9. The Kier molecular flexibility index (Phi) is 8.34. The average Bonchev–Trinajstić information content (AvgIpc) is 3.05. The summed E-state index contributed by atoms with van der Waals surface area (Å²) in [5.41, 5.74) is -0.144. The molecule has 3 rings (SSSR count). The molecular weight excluding hydrogens is 491 g/mol. The fraction of sp³-hybridized carbons (Fsp3) is 0.400. The Labute approximate surface area is 208 Å². The Balaban J connectivity index is 1.49. The maximum absolute atomic E-state index is 13.4. The monoisotopic (exact) mass is 520 g/mol. The van der Waals surface area contributed by atoms with Gasteiger partial charge in [-0.3, -0.25) is 4.79 Å². The largest absolute Gasteiger partial charge is 0.444 e. The molecule has 0 bridgehead atoms. The van der Waals surface area contributed by atoms with Gasteiger partial charge in [-0.2, -0.15) is 4.39 Å². The van der Waals surface area contributed by atoms with Gasteiger partial charge in [-0.1, -0.05) is 36.4 Å². The molecule has 0 spiro atoms. The summed E-state index contributed by atoms with van der Waals surface area (Å²) in [7, 11) is -3.88. The van der Waals surface area contributed by atoms with Crippen LogP contribution in [0.1, 0.15) is 45.6 Å². The molecule has 11 heteroatoms. The van der Waals surface area contributed by atoms with E-state index in [-0.39, 0.29) is 22.8 Å². The van der Waals surface area contributed by atoms with E-state index in [4.69, 9.17) is 9.47 Å². The lowest BCUT2D eigenvalue weighted by Crippen LogP contribution is -2.40. The Bertz CT molecular complexity index is 1300. The first-order chi connectivity index (χ1) is 16.9. The Morgan fingerprint density at radius 2 is 1.75 bits per heavy atom. The summed E-state index contributed by atoms with van der Waals surface area (Å²) >= 11 is 0. The van der Waals surface area contributed by atoms with Crippen LogP contribution in [0.4, 0.5) is 14.0 Å². The van der Waals surface area contributed by atoms with Crippen molar-refractivity contribution in [1.29, 1.82) is 0 Å². The molecule has 194 valence electrons. The molecule has 1 heterocycles. The lowest BCUT2D eigenvalue weighted by Gasteiger charge is -2.19. The van der Waals surface area contributed by atoms with Crippen LogP contribution in [-0.4, -0.2) is 51.4 Å². The molecule has 0 fully saturated rings. The van der Waals surface area contributed by atoms with Gasteiger partial charge in [0, 0.05) is 11.9 Å². The highest BCUT2D eigenvalue weighted by molar-refractivity contribution is 7.96. The zero-order valence-corrected chi connectivity index (χ0v) is 21.1. The molecule has 0 unspecified atom stereocenters. The van der Waals surface area contributed by atoms with Crippen LogP contribution in [0.3, 0.4) is 0 Å². The standard InChI is InChI=1S/C25H29FN2O7S/c1-25(2,3)35-23(30)27-13-7-6-10-20(22(26)29)28-24(31)34-15-18-14-17-12-11-16-8-4-5-9-19(16)21(17)36(18,32)33/h4-5,8-9,11-12,14,20H,6-7,10,13,15H2,1-3H3,(H,27,30)(H,28,31)/t20-/m0/s1. The molecule has 0 aromatic heterocycles. The highest BCUT2D eigenvalue weighted by atomic mass is 32.2. The Hall–Kier alpha value is -3.47. The lowest BCUT2D eigenvalue weighted by atomic mass is 10.1. The summed E-state index contributed by atoms with van der Waals surface area (Å²) in [5.74, 6) is 0. The number of hydrogen-bond acceptors (Lipinski definition) is 7. The van der Waals surface area contributed by atoms with Gasteiger partial charge in [-0.05, 0) is 57.1 Å². The van der Waals surface area contributed by atoms with Crippen LogP contribution >= 0.6 is 0 Å². The van der Waals surface area contributed by atoms with Gasteiger partial charge in [0.2, 0.25) is 9.84 Å². The van der Waals surface area contributed by atoms with Gasteiger partial charge in [0.05, 0.1) is 9.80 Å². The third-order valence-corrected chi connectivity index (χ3v) is 7.26. The highest BCUT2D eigenvalue weighted by Crippen LogP contribution is 2.38. The fourth-order valence-electron chi connectivity index (χ4n) is 3.72. The van der Waals surface area contributed by atoms with E-state index in [1.54, 1.807) is 57.2 Å². The summed E-state index contributed by atoms with van der Waals surface area (Å²) in [6.07, 6.45) is 0.428. The van der Waals surface area contributed by atoms with E-state index in [2.05, 4.69) is 10.6 Å². The first kappa shape index (κ1) is 27.1. The van der Waals surface area contributed by atoms with E-state index >= 15 is 0 Å². The Morgan fingerprint density at radius 1 is 1.03 bits per heavy atom. The molecule has 9 nitrogen and oxygen atoms in total. The molecule has 1 aliphatic heterocycles. The van der Waals surface area contributed by atoms with Crippen molar-refractivity contribution in [3.05, 3.63) is 46.9 Å². The number of halogens is 1. The maximum atomic E-state index is 13.4. The SMILES string of the molecule is CC(C)(C)OC(=O)NCCCC[C@H](NC(=O)OCC1=Cc2ccc3ccccc3c2S1(=O)=O)C(=O)F. The fourth-order valence-corrected chi connectivity index (χ4v) is 5.39. The van der Waals surface area contributed by atoms with Crippen LogP contribution in [0.5, 0.6) is 0 Å². The molecule has 2 aromatic carbocycles. The van der Waals surface area contributed by atoms with Crippen molar-refractivity contribution < 1.29 is 36.7 Å². The molecule has 0 aliphatic carbocycles. The van der Waals surface area contributed by atoms with Gasteiger partial charge in [0.25, 0.3) is 0 Å². The molecule has 1 atom stereocenters. The first-order valence-corrected chi connectivity index (χ1v) is 12.9. The number of hydrogen-bond donors (Lipinski definition) is 2. The van der Waals surface area contributed by atoms with E-state index in [9.17, 15) is 27.2 Å². The summed E-state index contributed by atoms with van der Waals surface area (Å²) in [5, 5.41) is 6.00. The highest BCUT2D eigenvalue weighted by Gasteiger charge is 2.32. The third-order valence-electron chi connectivity index (χ3n) is 5.34. The van der Waals surface area contributed by atoms with Crippen LogP contribution in [0.25, 0.3) is 16.8 Å². The number of ether oxygens (including phenoxy) is 2. The zero-order chi connectivity index (χ0) is 26.5. The molecule has 0 saturated heterocycles. The molecule has 1 aliphatic rings. The van der Waals surface area contributed by atoms with E-state index in [0.29, 0.717) is 23.8 Å². The molecule has 2 amide bonds. The minimum absolute atomic E-state index is 0.0289. The predicted octanol–water partition coefficient (Wildman–Crippen LogP) is 4.25. The summed E-state index contributed by atoms with van der Waals surface area (Å²) < 4.78 is 49.6. The van der Waals surface area contributed by atoms with E-state index in [1.165, 1.54) is 6.08 Å². The van der Waals surface area contributed by atoms with Gasteiger partial charge < -0.3 is 20.1 Å². The van der Waals surface area contributed by atoms with Crippen molar-refractivity contribution >= 4 is 44.9 Å². The summed E-state index contributed by atoms with van der Waals surface area (Å²) in [6.45, 7) is 4.87. The van der Waals surface area contributed by atoms with Gasteiger partial charge in [-0.25, -0.2) is 18.0 Å². The Morgan fingerprint density at radius 3 is 2.44 bits per heavy atom. The number of sulfone groups is 1. The van der Waals surface area contributed by atoms with Crippen molar-refractivity contribution in [3.8, 4) is 0 Å². The lowest BCUT2D eigenvalue weighted by molar-refractivity contribution is -0.131. The van der Waals surface area contributed by atoms with Crippen LogP contribution in [-0.2, 0) is 24.1 Å². The minimum atomic E-state index is -3.88. The number of carbonyl (C=O) groups excluding carboxylic acids is 3. The van der Waals surface area contributed by atoms with Crippen molar-refractivity contribution in [3.63, 3.8) is 0 Å². The smallest absolute Gasteiger partial charge is 0.408 e. The normalized spacial score (nSPS) is 14.9. The van der Waals surface area contributed by atoms with Crippen molar-refractivity contribution in [1.82, 2.24) is 10.6 Å². The second kappa shape index (κ2) is 11.1. The van der Waals surface area contributed by atoms with Crippen molar-refractivity contribution in [2.24, 2.45) is 0 Å². The van der Waals surface area contributed by atoms with Crippen LogP contribution in [0, 0.1) is 0 Å².